The van der Waals surface area contributed by atoms with Crippen LogP contribution in [0.25, 0.3) is 10.9 Å². The average Bonchev–Trinajstić information content (AvgIpc) is 2.73. The lowest BCUT2D eigenvalue weighted by Gasteiger charge is -2.43. The number of aliphatic hydroxyl groups excluding tert-OH is 1. The quantitative estimate of drug-likeness (QED) is 0.438. The molecule has 170 valence electrons. The van der Waals surface area contributed by atoms with E-state index in [1.807, 2.05) is 18.2 Å². The van der Waals surface area contributed by atoms with Gasteiger partial charge in [0.2, 0.25) is 0 Å². The van der Waals surface area contributed by atoms with Gasteiger partial charge in [-0.2, -0.15) is 0 Å². The zero-order valence-electron chi connectivity index (χ0n) is 17.3. The van der Waals surface area contributed by atoms with E-state index in [-0.39, 0.29) is 43.1 Å². The van der Waals surface area contributed by atoms with Crippen LogP contribution in [0.4, 0.5) is 0 Å². The number of likely N-dealkylation sites (tertiary alicyclic amines) is 1. The number of carboxylic acids is 1. The summed E-state index contributed by atoms with van der Waals surface area (Å²) in [6.45, 7) is 1.82. The number of hydrogen-bond donors (Lipinski definition) is 4. The van der Waals surface area contributed by atoms with Crippen LogP contribution in [0.3, 0.4) is 0 Å². The van der Waals surface area contributed by atoms with E-state index in [1.54, 1.807) is 12.3 Å². The summed E-state index contributed by atoms with van der Waals surface area (Å²) in [5, 5.41) is 30.1. The van der Waals surface area contributed by atoms with Crippen molar-refractivity contribution in [1.82, 2.24) is 9.88 Å². The van der Waals surface area contributed by atoms with Crippen LogP contribution in [-0.2, 0) is 11.3 Å². The molecule has 2 heterocycles. The number of carbonyl (C=O) groups is 1. The molecule has 1 aromatic carbocycles. The van der Waals surface area contributed by atoms with Crippen LogP contribution in [0.15, 0.2) is 30.5 Å². The van der Waals surface area contributed by atoms with Gasteiger partial charge >= 0.3 is 5.97 Å². The number of phenols is 1. The Morgan fingerprint density at radius 3 is 2.58 bits per heavy atom. The lowest BCUT2D eigenvalue weighted by atomic mass is 9.61. The predicted molar refractivity (Wildman–Crippen MR) is 126 cm³/mol. The van der Waals surface area contributed by atoms with Crippen molar-refractivity contribution < 1.29 is 20.1 Å². The number of aliphatic hydroxyl groups is 1. The van der Waals surface area contributed by atoms with Crippen LogP contribution in [0.5, 0.6) is 5.75 Å². The Bertz CT molecular complexity index is 868. The second-order valence-electron chi connectivity index (χ2n) is 7.90. The molecular weight excluding hydrogens is 440 g/mol. The summed E-state index contributed by atoms with van der Waals surface area (Å²) in [7, 11) is 6.14. The summed E-state index contributed by atoms with van der Waals surface area (Å²) in [5.41, 5.74) is 6.37. The first-order valence-corrected chi connectivity index (χ1v) is 10.0. The lowest BCUT2D eigenvalue weighted by Crippen LogP contribution is -2.59. The molecular formula is C21H30BCl2N3O4. The highest BCUT2D eigenvalue weighted by Gasteiger charge is 2.46. The molecule has 0 amide bonds. The molecule has 7 nitrogen and oxygen atoms in total. The summed E-state index contributed by atoms with van der Waals surface area (Å²) >= 11 is 0. The number of carboxylic acid groups (broad SMARTS) is 1. The van der Waals surface area contributed by atoms with Crippen LogP contribution in [0.2, 0.25) is 5.82 Å². The molecule has 1 fully saturated rings. The fourth-order valence-corrected chi connectivity index (χ4v) is 4.33. The van der Waals surface area contributed by atoms with Gasteiger partial charge in [0.15, 0.2) is 0 Å². The third-order valence-electron chi connectivity index (χ3n) is 6.16. The number of aliphatic carboxylic acids is 1. The van der Waals surface area contributed by atoms with Crippen LogP contribution in [-0.4, -0.2) is 64.3 Å². The Kier molecular flexibility index (Phi) is 10.5. The Hall–Kier alpha value is -1.58. The molecule has 31 heavy (non-hydrogen) atoms. The molecule has 1 aliphatic heterocycles. The summed E-state index contributed by atoms with van der Waals surface area (Å²) in [5.74, 6) is -1.83. The van der Waals surface area contributed by atoms with Gasteiger partial charge in [0.05, 0.1) is 13.4 Å². The Balaban J connectivity index is 0.00000240. The molecule has 3 rings (SSSR count). The minimum atomic E-state index is -1.51. The molecule has 10 heteroatoms. The first-order valence-electron chi connectivity index (χ1n) is 10.0. The Morgan fingerprint density at radius 2 is 1.97 bits per heavy atom. The fraction of sp³-hybridized carbons (Fsp3) is 0.524. The molecule has 0 bridgehead atoms. The highest BCUT2D eigenvalue weighted by molar-refractivity contribution is 6.15. The molecule has 0 spiro atoms. The van der Waals surface area contributed by atoms with Crippen molar-refractivity contribution in [1.29, 1.82) is 0 Å². The van der Waals surface area contributed by atoms with E-state index < -0.39 is 17.3 Å². The largest absolute Gasteiger partial charge is 0.508 e. The van der Waals surface area contributed by atoms with E-state index in [4.69, 9.17) is 18.7 Å². The highest BCUT2D eigenvalue weighted by atomic mass is 35.5. The number of aromatic nitrogens is 1. The van der Waals surface area contributed by atoms with Gasteiger partial charge in [0.25, 0.3) is 0 Å². The molecule has 0 aliphatic carbocycles. The molecule has 2 unspecified atom stereocenters. The van der Waals surface area contributed by atoms with Crippen molar-refractivity contribution >= 4 is 49.5 Å². The van der Waals surface area contributed by atoms with E-state index in [2.05, 4.69) is 9.88 Å². The standard InChI is InChI=1S/C21H28BN3O4.2ClH/c22-18(4-2-12-26)21(23,20(28)29)15-7-10-25(11-8-15)13-16-17(27)6-5-14-3-1-9-24-19(14)16;;/h1,3,5-6,9,15,18,26-27H,2,4,7-8,10-13,23H2,(H,28,29);2*1H. The zero-order chi connectivity index (χ0) is 21.0. The summed E-state index contributed by atoms with van der Waals surface area (Å²) in [6, 6.07) is 7.35. The second-order valence-corrected chi connectivity index (χ2v) is 7.90. The minimum Gasteiger partial charge on any atom is -0.508 e. The zero-order valence-corrected chi connectivity index (χ0v) is 18.9. The van der Waals surface area contributed by atoms with Gasteiger partial charge in [-0.25, -0.2) is 0 Å². The monoisotopic (exact) mass is 469 g/mol. The number of benzene rings is 1. The van der Waals surface area contributed by atoms with Gasteiger partial charge in [-0.05, 0) is 62.3 Å². The number of nitrogens with two attached hydrogens (primary N) is 1. The third-order valence-corrected chi connectivity index (χ3v) is 6.16. The molecule has 0 saturated carbocycles. The second kappa shape index (κ2) is 11.9. The highest BCUT2D eigenvalue weighted by Crippen LogP contribution is 2.37. The third kappa shape index (κ3) is 5.81. The van der Waals surface area contributed by atoms with Gasteiger partial charge in [0.1, 0.15) is 11.3 Å². The Labute approximate surface area is 196 Å². The van der Waals surface area contributed by atoms with Crippen molar-refractivity contribution in [2.75, 3.05) is 19.7 Å². The van der Waals surface area contributed by atoms with E-state index in [1.165, 1.54) is 0 Å². The number of aromatic hydroxyl groups is 1. The van der Waals surface area contributed by atoms with Crippen molar-refractivity contribution in [2.24, 2.45) is 11.7 Å². The molecule has 5 N–H and O–H groups in total. The lowest BCUT2D eigenvalue weighted by molar-refractivity contribution is -0.147. The number of halogens is 2. The number of phenolic OH excluding ortho intramolecular Hbond substituents is 1. The number of nitrogens with zero attached hydrogens (tertiary/aromatic N) is 2. The molecule has 2 aromatic rings. The first kappa shape index (κ1) is 27.5. The maximum atomic E-state index is 12.0. The van der Waals surface area contributed by atoms with Crippen LogP contribution in [0, 0.1) is 5.92 Å². The van der Waals surface area contributed by atoms with E-state index >= 15 is 0 Å². The van der Waals surface area contributed by atoms with E-state index in [0.717, 1.165) is 16.5 Å². The summed E-state index contributed by atoms with van der Waals surface area (Å²) < 4.78 is 0. The number of rotatable bonds is 8. The van der Waals surface area contributed by atoms with Gasteiger partial charge in [-0.15, -0.1) is 24.8 Å². The maximum absolute atomic E-state index is 12.0. The molecule has 1 aromatic heterocycles. The van der Waals surface area contributed by atoms with Crippen molar-refractivity contribution in [3.63, 3.8) is 0 Å². The van der Waals surface area contributed by atoms with Crippen molar-refractivity contribution in [3.05, 3.63) is 36.0 Å². The smallest absolute Gasteiger partial charge is 0.323 e. The van der Waals surface area contributed by atoms with Crippen LogP contribution < -0.4 is 5.73 Å². The summed E-state index contributed by atoms with van der Waals surface area (Å²) in [4.78, 5) is 18.6. The van der Waals surface area contributed by atoms with Crippen LogP contribution >= 0.6 is 24.8 Å². The van der Waals surface area contributed by atoms with Gasteiger partial charge < -0.3 is 21.1 Å². The van der Waals surface area contributed by atoms with Crippen LogP contribution in [0.1, 0.15) is 31.2 Å². The predicted octanol–water partition coefficient (Wildman–Crippen LogP) is 2.51. The number of piperidine rings is 1. The van der Waals surface area contributed by atoms with Crippen molar-refractivity contribution in [3.8, 4) is 5.75 Å². The average molecular weight is 470 g/mol. The fourth-order valence-electron chi connectivity index (χ4n) is 4.33. The number of hydrogen-bond acceptors (Lipinski definition) is 6. The number of fused-ring (bicyclic) bond motifs is 1. The summed E-state index contributed by atoms with van der Waals surface area (Å²) in [6.07, 6.45) is 3.72. The molecule has 2 radical (unpaired) electrons. The molecule has 2 atom stereocenters. The van der Waals surface area contributed by atoms with Gasteiger partial charge in [-0.1, -0.05) is 12.5 Å². The van der Waals surface area contributed by atoms with Gasteiger partial charge in [0, 0.05) is 30.3 Å². The number of pyridine rings is 1. The van der Waals surface area contributed by atoms with Gasteiger partial charge in [-0.3, -0.25) is 14.7 Å². The van der Waals surface area contributed by atoms with E-state index in [0.29, 0.717) is 45.3 Å². The molecule has 1 saturated heterocycles. The Morgan fingerprint density at radius 1 is 1.29 bits per heavy atom. The topological polar surface area (TPSA) is 120 Å². The molecule has 1 aliphatic rings. The first-order chi connectivity index (χ1) is 13.9. The minimum absolute atomic E-state index is 0. The SMILES string of the molecule is Cl.Cl.[B]C(CCCO)C(N)(C(=O)O)C1CCN(Cc2c(O)ccc3cccnc23)CC1. The maximum Gasteiger partial charge on any atom is 0.323 e. The van der Waals surface area contributed by atoms with E-state index in [9.17, 15) is 15.0 Å². The van der Waals surface area contributed by atoms with Crippen molar-refractivity contribution in [2.45, 2.75) is 43.6 Å². The normalized spacial score (nSPS) is 17.9.